The molecule has 7 nitrogen and oxygen atoms in total. The molecule has 2 atom stereocenters. The highest BCUT2D eigenvalue weighted by atomic mass is 35.5. The fourth-order valence-electron chi connectivity index (χ4n) is 4.93. The Labute approximate surface area is 188 Å². The first-order chi connectivity index (χ1) is 15.0. The van der Waals surface area contributed by atoms with Crippen molar-refractivity contribution in [2.24, 2.45) is 7.05 Å². The Hall–Kier alpha value is -1.96. The first-order valence-corrected chi connectivity index (χ1v) is 11.5. The number of ether oxygens (including phenoxy) is 2. The number of carbonyl (C=O) groups is 1. The zero-order valence-electron chi connectivity index (χ0n) is 18.2. The normalized spacial score (nSPS) is 27.2. The number of rotatable bonds is 6. The summed E-state index contributed by atoms with van der Waals surface area (Å²) in [7, 11) is 3.34. The van der Waals surface area contributed by atoms with Gasteiger partial charge >= 0.3 is 5.97 Å². The molecule has 0 bridgehead atoms. The Morgan fingerprint density at radius 3 is 2.61 bits per heavy atom. The van der Waals surface area contributed by atoms with Crippen LogP contribution >= 0.6 is 11.6 Å². The Balaban J connectivity index is 1.41. The van der Waals surface area contributed by atoms with Gasteiger partial charge in [-0.3, -0.25) is 9.58 Å². The monoisotopic (exact) mass is 446 g/mol. The van der Waals surface area contributed by atoms with Crippen molar-refractivity contribution in [1.29, 1.82) is 0 Å². The van der Waals surface area contributed by atoms with E-state index in [9.17, 15) is 4.79 Å². The maximum atomic E-state index is 12.1. The number of nitrogens with zero attached hydrogens (tertiary/aromatic N) is 4. The van der Waals surface area contributed by atoms with E-state index in [1.807, 2.05) is 25.4 Å². The minimum atomic E-state index is -0.505. The molecule has 1 aromatic carbocycles. The topological polar surface area (TPSA) is 69.5 Å². The molecule has 1 aliphatic carbocycles. The second kappa shape index (κ2) is 10.1. The van der Waals surface area contributed by atoms with E-state index >= 15 is 0 Å². The van der Waals surface area contributed by atoms with Crippen molar-refractivity contribution in [2.45, 2.75) is 62.6 Å². The molecule has 8 heteroatoms. The Morgan fingerprint density at radius 2 is 1.97 bits per heavy atom. The lowest BCUT2D eigenvalue weighted by atomic mass is 9.82. The zero-order chi connectivity index (χ0) is 21.8. The first kappa shape index (κ1) is 22.2. The maximum absolute atomic E-state index is 12.1. The van der Waals surface area contributed by atoms with Gasteiger partial charge in [-0.1, -0.05) is 28.9 Å². The molecule has 2 aromatic rings. The molecule has 1 aromatic heterocycles. The van der Waals surface area contributed by atoms with Gasteiger partial charge in [-0.05, 0) is 56.2 Å². The average Bonchev–Trinajstić information content (AvgIpc) is 3.24. The fourth-order valence-corrected chi connectivity index (χ4v) is 5.05. The Kier molecular flexibility index (Phi) is 7.25. The predicted molar refractivity (Wildman–Crippen MR) is 118 cm³/mol. The van der Waals surface area contributed by atoms with Crippen molar-refractivity contribution in [3.8, 4) is 0 Å². The SMILES string of the molecule is COC(=O)[C@H]1CN(C2CCC(c3cn(C)nn3)CC2)[C@@H](CCc2ccc(Cl)cc2)CO1. The summed E-state index contributed by atoms with van der Waals surface area (Å²) in [5.41, 5.74) is 2.36. The predicted octanol–water partition coefficient (Wildman–Crippen LogP) is 3.37. The zero-order valence-corrected chi connectivity index (χ0v) is 19.0. The summed E-state index contributed by atoms with van der Waals surface area (Å²) in [6.45, 7) is 1.15. The summed E-state index contributed by atoms with van der Waals surface area (Å²) in [5, 5.41) is 9.16. The second-order valence-corrected chi connectivity index (χ2v) is 9.12. The molecule has 0 radical (unpaired) electrons. The number of carbonyl (C=O) groups excluding carboxylic acids is 1. The molecule has 1 aliphatic heterocycles. The molecule has 4 rings (SSSR count). The quantitative estimate of drug-likeness (QED) is 0.633. The molecule has 0 unspecified atom stereocenters. The number of morpholine rings is 1. The van der Waals surface area contributed by atoms with Gasteiger partial charge in [-0.15, -0.1) is 5.10 Å². The van der Waals surface area contributed by atoms with Gasteiger partial charge in [0.2, 0.25) is 0 Å². The number of esters is 1. The van der Waals surface area contributed by atoms with Crippen LogP contribution in [0.5, 0.6) is 0 Å². The molecular weight excluding hydrogens is 416 g/mol. The number of hydrogen-bond acceptors (Lipinski definition) is 6. The summed E-state index contributed by atoms with van der Waals surface area (Å²) in [4.78, 5) is 14.7. The summed E-state index contributed by atoms with van der Waals surface area (Å²) < 4.78 is 12.6. The fraction of sp³-hybridized carbons (Fsp3) is 0.609. The van der Waals surface area contributed by atoms with Crippen LogP contribution in [0.4, 0.5) is 0 Å². The molecule has 2 aliphatic rings. The van der Waals surface area contributed by atoms with E-state index in [0.717, 1.165) is 49.2 Å². The molecule has 1 saturated carbocycles. The van der Waals surface area contributed by atoms with Crippen LogP contribution in [0.3, 0.4) is 0 Å². The van der Waals surface area contributed by atoms with Crippen LogP contribution in [0.1, 0.15) is 49.3 Å². The van der Waals surface area contributed by atoms with Gasteiger partial charge in [-0.2, -0.15) is 0 Å². The lowest BCUT2D eigenvalue weighted by Crippen LogP contribution is -2.56. The van der Waals surface area contributed by atoms with Gasteiger partial charge in [0.25, 0.3) is 0 Å². The number of aromatic nitrogens is 3. The highest BCUT2D eigenvalue weighted by molar-refractivity contribution is 6.30. The number of aryl methyl sites for hydroxylation is 2. The molecule has 31 heavy (non-hydrogen) atoms. The number of methoxy groups -OCH3 is 1. The molecular formula is C23H31ClN4O3. The van der Waals surface area contributed by atoms with E-state index in [4.69, 9.17) is 21.1 Å². The van der Waals surface area contributed by atoms with E-state index in [0.29, 0.717) is 25.1 Å². The molecule has 2 heterocycles. The minimum absolute atomic E-state index is 0.283. The standard InChI is InChI=1S/C23H31ClN4O3/c1-27-13-21(25-26-27)17-6-11-19(12-7-17)28-14-22(23(29)30-2)31-15-20(28)10-5-16-3-8-18(24)9-4-16/h3-4,8-9,13,17,19-20,22H,5-7,10-12,14-15H2,1-2H3/t17?,19?,20-,22+/m0/s1. The third kappa shape index (κ3) is 5.45. The van der Waals surface area contributed by atoms with Crippen LogP contribution < -0.4 is 0 Å². The van der Waals surface area contributed by atoms with Crippen LogP contribution in [-0.4, -0.2) is 64.3 Å². The maximum Gasteiger partial charge on any atom is 0.336 e. The highest BCUT2D eigenvalue weighted by Gasteiger charge is 2.38. The van der Waals surface area contributed by atoms with Crippen LogP contribution in [0, 0.1) is 0 Å². The van der Waals surface area contributed by atoms with E-state index in [2.05, 4.69) is 27.3 Å². The third-order valence-electron chi connectivity index (χ3n) is 6.68. The number of benzene rings is 1. The Morgan fingerprint density at radius 1 is 1.23 bits per heavy atom. The summed E-state index contributed by atoms with van der Waals surface area (Å²) in [6, 6.07) is 8.77. The molecule has 168 valence electrons. The van der Waals surface area contributed by atoms with Crippen molar-refractivity contribution in [1.82, 2.24) is 19.9 Å². The van der Waals surface area contributed by atoms with Gasteiger partial charge in [0, 0.05) is 42.8 Å². The van der Waals surface area contributed by atoms with Crippen molar-refractivity contribution in [3.63, 3.8) is 0 Å². The highest BCUT2D eigenvalue weighted by Crippen LogP contribution is 2.36. The second-order valence-electron chi connectivity index (χ2n) is 8.68. The number of hydrogen-bond donors (Lipinski definition) is 0. The molecule has 0 spiro atoms. The molecule has 2 fully saturated rings. The van der Waals surface area contributed by atoms with E-state index in [-0.39, 0.29) is 12.0 Å². The number of halogens is 1. The summed E-state index contributed by atoms with van der Waals surface area (Å²) in [6.07, 6.45) is 7.83. The molecule has 0 N–H and O–H groups in total. The van der Waals surface area contributed by atoms with Crippen LogP contribution in [-0.2, 0) is 27.7 Å². The lowest BCUT2D eigenvalue weighted by molar-refractivity contribution is -0.166. The smallest absolute Gasteiger partial charge is 0.336 e. The van der Waals surface area contributed by atoms with Crippen molar-refractivity contribution in [2.75, 3.05) is 20.3 Å². The van der Waals surface area contributed by atoms with Crippen LogP contribution in [0.2, 0.25) is 5.02 Å². The van der Waals surface area contributed by atoms with Crippen molar-refractivity contribution < 1.29 is 14.3 Å². The van der Waals surface area contributed by atoms with E-state index in [1.165, 1.54) is 12.7 Å². The average molecular weight is 447 g/mol. The van der Waals surface area contributed by atoms with E-state index in [1.54, 1.807) is 4.68 Å². The molecule has 0 amide bonds. The van der Waals surface area contributed by atoms with Crippen LogP contribution in [0.15, 0.2) is 30.5 Å². The van der Waals surface area contributed by atoms with Gasteiger partial charge < -0.3 is 9.47 Å². The van der Waals surface area contributed by atoms with Gasteiger partial charge in [-0.25, -0.2) is 4.79 Å². The summed E-state index contributed by atoms with van der Waals surface area (Å²) >= 11 is 6.02. The third-order valence-corrected chi connectivity index (χ3v) is 6.94. The van der Waals surface area contributed by atoms with Crippen molar-refractivity contribution >= 4 is 17.6 Å². The van der Waals surface area contributed by atoms with E-state index < -0.39 is 6.10 Å². The van der Waals surface area contributed by atoms with Gasteiger partial charge in [0.1, 0.15) is 0 Å². The Bertz CT molecular complexity index is 864. The van der Waals surface area contributed by atoms with Crippen LogP contribution in [0.25, 0.3) is 0 Å². The van der Waals surface area contributed by atoms with Gasteiger partial charge in [0.05, 0.1) is 19.4 Å². The summed E-state index contributed by atoms with van der Waals surface area (Å²) in [5.74, 6) is 0.185. The molecule has 1 saturated heterocycles. The van der Waals surface area contributed by atoms with Gasteiger partial charge in [0.15, 0.2) is 6.10 Å². The van der Waals surface area contributed by atoms with Crippen molar-refractivity contribution in [3.05, 3.63) is 46.7 Å². The minimum Gasteiger partial charge on any atom is -0.467 e. The lowest BCUT2D eigenvalue weighted by Gasteiger charge is -2.45. The largest absolute Gasteiger partial charge is 0.467 e. The first-order valence-electron chi connectivity index (χ1n) is 11.1.